The van der Waals surface area contributed by atoms with Crippen LogP contribution in [0.5, 0.6) is 5.75 Å². The van der Waals surface area contributed by atoms with Crippen molar-refractivity contribution < 1.29 is 9.66 Å². The van der Waals surface area contributed by atoms with Gasteiger partial charge in [-0.25, -0.2) is 0 Å². The zero-order valence-electron chi connectivity index (χ0n) is 10.4. The molecule has 0 aromatic heterocycles. The highest BCUT2D eigenvalue weighted by atomic mass is 16.6. The second kappa shape index (κ2) is 6.20. The molecule has 0 fully saturated rings. The minimum absolute atomic E-state index is 0.0263. The van der Waals surface area contributed by atoms with E-state index in [9.17, 15) is 10.1 Å². The van der Waals surface area contributed by atoms with Crippen LogP contribution in [0, 0.1) is 16.0 Å². The van der Waals surface area contributed by atoms with Crippen molar-refractivity contribution in [3.8, 4) is 5.75 Å². The third-order valence-corrected chi connectivity index (χ3v) is 2.17. The van der Waals surface area contributed by atoms with Crippen LogP contribution in [0.3, 0.4) is 0 Å². The average molecular weight is 238 g/mol. The Morgan fingerprint density at radius 3 is 2.71 bits per heavy atom. The second-order valence-electron chi connectivity index (χ2n) is 4.29. The molecular weight excluding hydrogens is 220 g/mol. The van der Waals surface area contributed by atoms with Gasteiger partial charge in [-0.15, -0.1) is 0 Å². The Morgan fingerprint density at radius 1 is 1.47 bits per heavy atom. The Morgan fingerprint density at radius 2 is 2.18 bits per heavy atom. The first-order valence-corrected chi connectivity index (χ1v) is 5.59. The predicted octanol–water partition coefficient (Wildman–Crippen LogP) is 2.35. The Hall–Kier alpha value is -1.62. The maximum absolute atomic E-state index is 10.9. The largest absolute Gasteiger partial charge is 0.487 e. The van der Waals surface area contributed by atoms with Gasteiger partial charge in [-0.3, -0.25) is 10.1 Å². The van der Waals surface area contributed by atoms with Crippen molar-refractivity contribution in [2.24, 2.45) is 5.92 Å². The van der Waals surface area contributed by atoms with E-state index < -0.39 is 4.92 Å². The first-order valence-electron chi connectivity index (χ1n) is 5.59. The van der Waals surface area contributed by atoms with Crippen molar-refractivity contribution in [3.63, 3.8) is 0 Å². The molecule has 0 amide bonds. The van der Waals surface area contributed by atoms with Crippen molar-refractivity contribution >= 4 is 5.69 Å². The molecule has 0 bridgehead atoms. The Bertz CT molecular complexity index is 391. The van der Waals surface area contributed by atoms with Crippen molar-refractivity contribution in [1.29, 1.82) is 0 Å². The van der Waals surface area contributed by atoms with E-state index in [1.54, 1.807) is 19.2 Å². The van der Waals surface area contributed by atoms with Gasteiger partial charge >= 0.3 is 5.69 Å². The molecule has 0 radical (unpaired) electrons. The van der Waals surface area contributed by atoms with Crippen LogP contribution in [0.1, 0.15) is 19.4 Å². The number of nitrogens with zero attached hydrogens (tertiary/aromatic N) is 1. The van der Waals surface area contributed by atoms with Gasteiger partial charge in [0, 0.05) is 12.6 Å². The molecule has 1 aromatic rings. The molecule has 0 unspecified atom stereocenters. The van der Waals surface area contributed by atoms with E-state index in [0.717, 1.165) is 5.56 Å². The molecule has 0 heterocycles. The molecule has 0 saturated carbocycles. The first-order chi connectivity index (χ1) is 8.04. The molecule has 1 N–H and O–H groups in total. The number of nitrogens with one attached hydrogen (secondary N) is 1. The summed E-state index contributed by atoms with van der Waals surface area (Å²) in [6.45, 7) is 5.08. The summed E-state index contributed by atoms with van der Waals surface area (Å²) in [5.74, 6) is 0.676. The molecule has 0 aliphatic rings. The zero-order valence-corrected chi connectivity index (χ0v) is 10.4. The third-order valence-electron chi connectivity index (χ3n) is 2.17. The van der Waals surface area contributed by atoms with E-state index in [1.807, 2.05) is 19.9 Å². The molecule has 0 atom stereocenters. The number of hydrogen-bond donors (Lipinski definition) is 1. The van der Waals surface area contributed by atoms with Crippen molar-refractivity contribution in [1.82, 2.24) is 5.32 Å². The highest BCUT2D eigenvalue weighted by molar-refractivity contribution is 5.48. The summed E-state index contributed by atoms with van der Waals surface area (Å²) in [5, 5.41) is 13.9. The Balaban J connectivity index is 2.92. The lowest BCUT2D eigenvalue weighted by Gasteiger charge is -2.09. The summed E-state index contributed by atoms with van der Waals surface area (Å²) >= 11 is 0. The van der Waals surface area contributed by atoms with E-state index in [-0.39, 0.29) is 5.69 Å². The molecule has 94 valence electrons. The summed E-state index contributed by atoms with van der Waals surface area (Å²) in [7, 11) is 1.80. The average Bonchev–Trinajstić information content (AvgIpc) is 2.27. The van der Waals surface area contributed by atoms with Crippen LogP contribution in [0.4, 0.5) is 5.69 Å². The molecule has 0 aliphatic heterocycles. The highest BCUT2D eigenvalue weighted by Crippen LogP contribution is 2.28. The summed E-state index contributed by atoms with van der Waals surface area (Å²) in [6.07, 6.45) is 0. The van der Waals surface area contributed by atoms with Gasteiger partial charge in [0.2, 0.25) is 0 Å². The van der Waals surface area contributed by atoms with Gasteiger partial charge in [0.05, 0.1) is 11.5 Å². The minimum Gasteiger partial charge on any atom is -0.487 e. The van der Waals surface area contributed by atoms with Gasteiger partial charge in [-0.05, 0) is 24.6 Å². The summed E-state index contributed by atoms with van der Waals surface area (Å²) in [4.78, 5) is 10.5. The van der Waals surface area contributed by atoms with Crippen LogP contribution in [-0.2, 0) is 6.54 Å². The van der Waals surface area contributed by atoms with Crippen LogP contribution < -0.4 is 10.1 Å². The van der Waals surface area contributed by atoms with Gasteiger partial charge in [0.15, 0.2) is 5.75 Å². The van der Waals surface area contributed by atoms with Gasteiger partial charge in [-0.2, -0.15) is 0 Å². The molecule has 0 aliphatic carbocycles. The standard InChI is InChI=1S/C12H18N2O3/c1-9(2)8-17-12-5-4-10(7-13-3)6-11(12)14(15)16/h4-6,9,13H,7-8H2,1-3H3. The molecule has 1 rings (SSSR count). The SMILES string of the molecule is CNCc1ccc(OCC(C)C)c([N+](=O)[O-])c1. The van der Waals surface area contributed by atoms with E-state index in [2.05, 4.69) is 5.32 Å². The lowest BCUT2D eigenvalue weighted by molar-refractivity contribution is -0.386. The Labute approximate surface area is 101 Å². The van der Waals surface area contributed by atoms with Crippen LogP contribution in [-0.4, -0.2) is 18.6 Å². The third kappa shape index (κ3) is 4.03. The van der Waals surface area contributed by atoms with E-state index in [4.69, 9.17) is 4.74 Å². The van der Waals surface area contributed by atoms with Crippen LogP contribution >= 0.6 is 0 Å². The van der Waals surface area contributed by atoms with E-state index in [0.29, 0.717) is 24.8 Å². The van der Waals surface area contributed by atoms with Gasteiger partial charge < -0.3 is 10.1 Å². The monoisotopic (exact) mass is 238 g/mol. The maximum atomic E-state index is 10.9. The Kier molecular flexibility index (Phi) is 4.90. The minimum atomic E-state index is -0.408. The number of benzene rings is 1. The van der Waals surface area contributed by atoms with Crippen LogP contribution in [0.2, 0.25) is 0 Å². The summed E-state index contributed by atoms with van der Waals surface area (Å²) in [6, 6.07) is 5.04. The van der Waals surface area contributed by atoms with Gasteiger partial charge in [-0.1, -0.05) is 19.9 Å². The fraction of sp³-hybridized carbons (Fsp3) is 0.500. The van der Waals surface area contributed by atoms with Crippen LogP contribution in [0.15, 0.2) is 18.2 Å². The number of nitro groups is 1. The molecule has 5 heteroatoms. The van der Waals surface area contributed by atoms with Gasteiger partial charge in [0.1, 0.15) is 0 Å². The lowest BCUT2D eigenvalue weighted by atomic mass is 10.2. The number of hydrogen-bond acceptors (Lipinski definition) is 4. The molecule has 0 spiro atoms. The number of rotatable bonds is 6. The second-order valence-corrected chi connectivity index (χ2v) is 4.29. The maximum Gasteiger partial charge on any atom is 0.311 e. The summed E-state index contributed by atoms with van der Waals surface area (Å²) in [5.41, 5.74) is 0.898. The zero-order chi connectivity index (χ0) is 12.8. The van der Waals surface area contributed by atoms with Crippen LogP contribution in [0.25, 0.3) is 0 Å². The van der Waals surface area contributed by atoms with Crippen molar-refractivity contribution in [3.05, 3.63) is 33.9 Å². The number of nitro benzene ring substituents is 1. The predicted molar refractivity (Wildman–Crippen MR) is 66.2 cm³/mol. The fourth-order valence-corrected chi connectivity index (χ4v) is 1.40. The van der Waals surface area contributed by atoms with Crippen molar-refractivity contribution in [2.45, 2.75) is 20.4 Å². The first kappa shape index (κ1) is 13.4. The molecule has 5 nitrogen and oxygen atoms in total. The topological polar surface area (TPSA) is 64.4 Å². The van der Waals surface area contributed by atoms with Gasteiger partial charge in [0.25, 0.3) is 0 Å². The normalized spacial score (nSPS) is 10.6. The van der Waals surface area contributed by atoms with E-state index in [1.165, 1.54) is 0 Å². The highest BCUT2D eigenvalue weighted by Gasteiger charge is 2.16. The quantitative estimate of drug-likeness (QED) is 0.610. The van der Waals surface area contributed by atoms with Crippen molar-refractivity contribution in [2.75, 3.05) is 13.7 Å². The lowest BCUT2D eigenvalue weighted by Crippen LogP contribution is -2.08. The molecule has 17 heavy (non-hydrogen) atoms. The fourth-order valence-electron chi connectivity index (χ4n) is 1.40. The number of ether oxygens (including phenoxy) is 1. The molecule has 0 saturated heterocycles. The molecule has 1 aromatic carbocycles. The molecular formula is C12H18N2O3. The summed E-state index contributed by atoms with van der Waals surface area (Å²) < 4.78 is 5.43. The van der Waals surface area contributed by atoms with E-state index >= 15 is 0 Å². The smallest absolute Gasteiger partial charge is 0.311 e.